The maximum Gasteiger partial charge on any atom is 0.341 e. The molecule has 1 aliphatic heterocycles. The Morgan fingerprint density at radius 1 is 1.42 bits per heavy atom. The molecule has 102 valence electrons. The van der Waals surface area contributed by atoms with Gasteiger partial charge in [0.05, 0.1) is 6.04 Å². The fraction of sp³-hybridized carbons (Fsp3) is 0.333. The van der Waals surface area contributed by atoms with Crippen molar-refractivity contribution < 1.29 is 24.6 Å². The van der Waals surface area contributed by atoms with E-state index in [-0.39, 0.29) is 0 Å². The van der Waals surface area contributed by atoms with Crippen molar-refractivity contribution in [2.75, 3.05) is 6.61 Å². The van der Waals surface area contributed by atoms with E-state index in [9.17, 15) is 14.8 Å². The third-order valence-electron chi connectivity index (χ3n) is 3.04. The third-order valence-corrected chi connectivity index (χ3v) is 3.04. The van der Waals surface area contributed by atoms with Gasteiger partial charge in [0.15, 0.2) is 6.61 Å². The Morgan fingerprint density at radius 2 is 2.11 bits per heavy atom. The normalized spacial score (nSPS) is 22.6. The van der Waals surface area contributed by atoms with Gasteiger partial charge in [-0.2, -0.15) is 5.06 Å². The number of rotatable bonds is 5. The molecule has 2 unspecified atom stereocenters. The van der Waals surface area contributed by atoms with Crippen molar-refractivity contribution in [3.8, 4) is 5.75 Å². The van der Waals surface area contributed by atoms with Gasteiger partial charge < -0.3 is 20.8 Å². The number of benzene rings is 1. The van der Waals surface area contributed by atoms with Crippen molar-refractivity contribution in [2.45, 2.75) is 18.5 Å². The highest BCUT2D eigenvalue weighted by Gasteiger charge is 2.43. The number of hydrogen-bond acceptors (Lipinski definition) is 5. The van der Waals surface area contributed by atoms with E-state index in [4.69, 9.17) is 15.6 Å². The van der Waals surface area contributed by atoms with Gasteiger partial charge in [0.1, 0.15) is 11.8 Å². The van der Waals surface area contributed by atoms with Crippen molar-refractivity contribution in [1.82, 2.24) is 5.06 Å². The van der Waals surface area contributed by atoms with Crippen LogP contribution < -0.4 is 10.5 Å². The molecule has 0 aromatic heterocycles. The van der Waals surface area contributed by atoms with Crippen LogP contribution >= 0.6 is 0 Å². The minimum absolute atomic E-state index is 0.372. The number of carbonyl (C=O) groups excluding carboxylic acids is 1. The van der Waals surface area contributed by atoms with Crippen LogP contribution in [0, 0.1) is 0 Å². The summed E-state index contributed by atoms with van der Waals surface area (Å²) in [5.74, 6) is -1.31. The summed E-state index contributed by atoms with van der Waals surface area (Å²) in [6, 6.07) is 5.65. The topological polar surface area (TPSA) is 113 Å². The lowest BCUT2D eigenvalue weighted by Crippen LogP contribution is -2.54. The zero-order chi connectivity index (χ0) is 14.0. The van der Waals surface area contributed by atoms with E-state index < -0.39 is 30.6 Å². The average molecular weight is 266 g/mol. The van der Waals surface area contributed by atoms with Crippen LogP contribution in [-0.2, 0) is 9.59 Å². The van der Waals surface area contributed by atoms with Crippen LogP contribution in [0.1, 0.15) is 18.0 Å². The number of aliphatic carboxylic acids is 1. The lowest BCUT2D eigenvalue weighted by Gasteiger charge is -2.42. The molecule has 1 saturated heterocycles. The Labute approximate surface area is 109 Å². The maximum absolute atomic E-state index is 11.0. The number of carboxylic acids is 1. The number of ether oxygens (including phenoxy) is 1. The fourth-order valence-electron chi connectivity index (χ4n) is 2.05. The summed E-state index contributed by atoms with van der Waals surface area (Å²) >= 11 is 0. The van der Waals surface area contributed by atoms with Crippen molar-refractivity contribution in [2.24, 2.45) is 5.73 Å². The van der Waals surface area contributed by atoms with Gasteiger partial charge in [0.2, 0.25) is 5.91 Å². The Kier molecular flexibility index (Phi) is 3.68. The second kappa shape index (κ2) is 5.25. The summed E-state index contributed by atoms with van der Waals surface area (Å²) in [6.45, 7) is -0.464. The van der Waals surface area contributed by atoms with E-state index in [0.717, 1.165) is 5.06 Å². The highest BCUT2D eigenvalue weighted by Crippen LogP contribution is 2.40. The fourth-order valence-corrected chi connectivity index (χ4v) is 2.05. The lowest BCUT2D eigenvalue weighted by molar-refractivity contribution is -0.223. The van der Waals surface area contributed by atoms with E-state index >= 15 is 0 Å². The summed E-state index contributed by atoms with van der Waals surface area (Å²) in [4.78, 5) is 21.5. The molecule has 7 nitrogen and oxygen atoms in total. The minimum Gasteiger partial charge on any atom is -0.482 e. The molecule has 1 aliphatic rings. The third kappa shape index (κ3) is 2.67. The molecule has 0 saturated carbocycles. The summed E-state index contributed by atoms with van der Waals surface area (Å²) in [5, 5.41) is 19.2. The summed E-state index contributed by atoms with van der Waals surface area (Å²) in [5.41, 5.74) is 5.74. The van der Waals surface area contributed by atoms with E-state index in [2.05, 4.69) is 0 Å². The molecule has 1 amide bonds. The van der Waals surface area contributed by atoms with Crippen molar-refractivity contribution in [3.63, 3.8) is 0 Å². The predicted molar refractivity (Wildman–Crippen MR) is 63.5 cm³/mol. The molecule has 1 aromatic rings. The maximum atomic E-state index is 11.0. The SMILES string of the molecule is NC(=O)C1CC(c2ccccc2OCC(=O)O)N1O. The van der Waals surface area contributed by atoms with Crippen LogP contribution in [-0.4, -0.2) is 39.9 Å². The first-order valence-electron chi connectivity index (χ1n) is 5.70. The number of nitrogens with zero attached hydrogens (tertiary/aromatic N) is 1. The molecule has 2 rings (SSSR count). The molecule has 0 bridgehead atoms. The molecule has 0 aliphatic carbocycles. The number of amides is 1. The predicted octanol–water partition coefficient (Wildman–Crippen LogP) is 0.140. The zero-order valence-electron chi connectivity index (χ0n) is 10.0. The monoisotopic (exact) mass is 266 g/mol. The second-order valence-corrected chi connectivity index (χ2v) is 4.27. The number of carbonyl (C=O) groups is 2. The highest BCUT2D eigenvalue weighted by molar-refractivity contribution is 5.81. The smallest absolute Gasteiger partial charge is 0.341 e. The van der Waals surface area contributed by atoms with Gasteiger partial charge in [0, 0.05) is 5.56 Å². The van der Waals surface area contributed by atoms with E-state index in [0.29, 0.717) is 17.7 Å². The van der Waals surface area contributed by atoms with Gasteiger partial charge in [-0.15, -0.1) is 0 Å². The van der Waals surface area contributed by atoms with Gasteiger partial charge in [0.25, 0.3) is 0 Å². The first kappa shape index (κ1) is 13.3. The minimum atomic E-state index is -1.08. The van der Waals surface area contributed by atoms with Crippen LogP contribution in [0.2, 0.25) is 0 Å². The van der Waals surface area contributed by atoms with Crippen LogP contribution in [0.4, 0.5) is 0 Å². The Bertz CT molecular complexity index is 505. The number of primary amides is 1. The largest absolute Gasteiger partial charge is 0.482 e. The second-order valence-electron chi connectivity index (χ2n) is 4.27. The number of carboxylic acid groups (broad SMARTS) is 1. The number of hydrogen-bond donors (Lipinski definition) is 3. The summed E-state index contributed by atoms with van der Waals surface area (Å²) < 4.78 is 5.15. The molecule has 4 N–H and O–H groups in total. The quantitative estimate of drug-likeness (QED) is 0.698. The summed E-state index contributed by atoms with van der Waals surface area (Å²) in [7, 11) is 0. The number of hydroxylamine groups is 2. The van der Waals surface area contributed by atoms with Gasteiger partial charge in [-0.05, 0) is 12.5 Å². The van der Waals surface area contributed by atoms with Crippen LogP contribution in [0.3, 0.4) is 0 Å². The van der Waals surface area contributed by atoms with Gasteiger partial charge in [-0.3, -0.25) is 4.79 Å². The molecule has 19 heavy (non-hydrogen) atoms. The van der Waals surface area contributed by atoms with Crippen molar-refractivity contribution >= 4 is 11.9 Å². The standard InChI is InChI=1S/C12H14N2O5/c13-12(17)9-5-8(14(9)18)7-3-1-2-4-10(7)19-6-11(15)16/h1-4,8-9,18H,5-6H2,(H2,13,17)(H,15,16). The number of nitrogens with two attached hydrogens (primary N) is 1. The molecule has 2 atom stereocenters. The first-order valence-corrected chi connectivity index (χ1v) is 5.70. The Hall–Kier alpha value is -2.12. The first-order chi connectivity index (χ1) is 9.00. The lowest BCUT2D eigenvalue weighted by atomic mass is 9.89. The van der Waals surface area contributed by atoms with Crippen molar-refractivity contribution in [3.05, 3.63) is 29.8 Å². The molecule has 0 radical (unpaired) electrons. The average Bonchev–Trinajstić information content (AvgIpc) is 2.35. The Balaban J connectivity index is 2.13. The van der Waals surface area contributed by atoms with Gasteiger partial charge in [-0.25, -0.2) is 4.79 Å². The molecule has 7 heteroatoms. The van der Waals surface area contributed by atoms with Crippen molar-refractivity contribution in [1.29, 1.82) is 0 Å². The molecule has 1 fully saturated rings. The van der Waals surface area contributed by atoms with Crippen LogP contribution in [0.5, 0.6) is 5.75 Å². The van der Waals surface area contributed by atoms with E-state index in [1.807, 2.05) is 0 Å². The van der Waals surface area contributed by atoms with Gasteiger partial charge >= 0.3 is 5.97 Å². The van der Waals surface area contributed by atoms with Crippen LogP contribution in [0.25, 0.3) is 0 Å². The Morgan fingerprint density at radius 3 is 2.68 bits per heavy atom. The van der Waals surface area contributed by atoms with Gasteiger partial charge in [-0.1, -0.05) is 18.2 Å². The van der Waals surface area contributed by atoms with Crippen LogP contribution in [0.15, 0.2) is 24.3 Å². The molecule has 0 spiro atoms. The van der Waals surface area contributed by atoms with E-state index in [1.54, 1.807) is 24.3 Å². The molecular formula is C12H14N2O5. The molecule has 1 heterocycles. The zero-order valence-corrected chi connectivity index (χ0v) is 10.0. The highest BCUT2D eigenvalue weighted by atomic mass is 16.5. The molecular weight excluding hydrogens is 252 g/mol. The molecule has 1 aromatic carbocycles. The summed E-state index contributed by atoms with van der Waals surface area (Å²) in [6.07, 6.45) is 0.374. The van der Waals surface area contributed by atoms with E-state index in [1.165, 1.54) is 0 Å². The number of para-hydroxylation sites is 1.